The van der Waals surface area contributed by atoms with Crippen molar-refractivity contribution in [3.05, 3.63) is 386 Å². The summed E-state index contributed by atoms with van der Waals surface area (Å²) < 4.78 is 4.74. The predicted octanol–water partition coefficient (Wildman–Crippen LogP) is 26.1. The van der Waals surface area contributed by atoms with Crippen LogP contribution in [0.4, 0.5) is 34.1 Å². The number of anilines is 6. The molecule has 0 fully saturated rings. The average Bonchev–Trinajstić information content (AvgIpc) is 1.59. The van der Waals surface area contributed by atoms with Gasteiger partial charge in [-0.15, -0.1) is 0 Å². The van der Waals surface area contributed by atoms with Gasteiger partial charge < -0.3 is 18.9 Å². The average molecular weight is 1280 g/mol. The van der Waals surface area contributed by atoms with Crippen LogP contribution in [0.3, 0.4) is 0 Å². The van der Waals surface area contributed by atoms with Crippen molar-refractivity contribution in [1.82, 2.24) is 9.13 Å². The minimum absolute atomic E-state index is 0.0591. The van der Waals surface area contributed by atoms with Crippen LogP contribution in [0.5, 0.6) is 0 Å². The fourth-order valence-corrected chi connectivity index (χ4v) is 16.2. The van der Waals surface area contributed by atoms with Gasteiger partial charge >= 0.3 is 0 Å². The molecule has 0 N–H and O–H groups in total. The molecular formula is C96H72N4. The molecule has 2 aliphatic carbocycles. The Kier molecular flexibility index (Phi) is 14.5. The smallest absolute Gasteiger partial charge is 0.0541 e. The van der Waals surface area contributed by atoms with E-state index in [2.05, 4.69) is 411 Å². The molecule has 100 heavy (non-hydrogen) atoms. The molecule has 0 aliphatic heterocycles. The van der Waals surface area contributed by atoms with Gasteiger partial charge in [-0.05, 0) is 211 Å². The molecule has 0 saturated heterocycles. The fourth-order valence-electron chi connectivity index (χ4n) is 16.2. The monoisotopic (exact) mass is 1280 g/mol. The minimum atomic E-state index is -0.0916. The minimum Gasteiger partial charge on any atom is -0.310 e. The molecule has 2 heterocycles. The number of aromatic nitrogens is 2. The molecule has 0 amide bonds. The lowest BCUT2D eigenvalue weighted by molar-refractivity contribution is 0.660. The third-order valence-electron chi connectivity index (χ3n) is 21.2. The van der Waals surface area contributed by atoms with Gasteiger partial charge in [0.2, 0.25) is 0 Å². The molecule has 2 aliphatic rings. The summed E-state index contributed by atoms with van der Waals surface area (Å²) in [6.45, 7) is 9.39. The Bertz CT molecular complexity index is 5940. The lowest BCUT2D eigenvalue weighted by Crippen LogP contribution is -2.16. The third-order valence-corrected chi connectivity index (χ3v) is 21.2. The van der Waals surface area contributed by atoms with Gasteiger partial charge in [0.25, 0.3) is 0 Å². The number of fused-ring (bicyclic) bond motifs is 12. The van der Waals surface area contributed by atoms with Gasteiger partial charge in [0, 0.05) is 77.9 Å². The first-order chi connectivity index (χ1) is 49.1. The van der Waals surface area contributed by atoms with Gasteiger partial charge in [-0.1, -0.05) is 258 Å². The molecule has 2 aromatic heterocycles. The van der Waals surface area contributed by atoms with Crippen LogP contribution in [0.2, 0.25) is 0 Å². The SMILES string of the molecule is CC1(C)c2ccccc2-c2ccc(N(c3ccc(-c4ccc5c(c4)c4ccccc4n5-c4ccccc4)cc3)c3cccc(-c4ccccc4)c3)cc21.CC1(C)c2ccccc2-c2ccc(N(c3ccccc3)c3ccc(-c4ccc5c(c4)c4ccccc4n5-c4ccccc4)cc3)cc21. The summed E-state index contributed by atoms with van der Waals surface area (Å²) in [5, 5.41) is 5.04. The first-order valence-corrected chi connectivity index (χ1v) is 34.8. The second kappa shape index (κ2) is 24.2. The van der Waals surface area contributed by atoms with Gasteiger partial charge in [0.15, 0.2) is 0 Å². The van der Waals surface area contributed by atoms with Crippen molar-refractivity contribution < 1.29 is 0 Å². The second-order valence-corrected chi connectivity index (χ2v) is 27.7. The van der Waals surface area contributed by atoms with E-state index < -0.39 is 0 Å². The molecule has 0 atom stereocenters. The zero-order chi connectivity index (χ0) is 67.1. The summed E-state index contributed by atoms with van der Waals surface area (Å²) in [6, 6.07) is 133. The standard InChI is InChI=1S/C51H38N2.C45H34N2/c1-51(2)47-22-11-9-20-43(47)44-30-29-42(34-48(44)51)52(41-19-13-16-37(32-41)35-14-5-3-6-15-35)40-27-24-36(25-28-40)38-26-31-50-46(33-38)45-21-10-12-23-49(45)53(50)39-17-7-4-8-18-39;1-45(2)41-19-11-9-17-37(41)38-27-26-36(30-42(38)45)46(33-13-5-3-6-14-33)35-24-21-31(22-25-35)32-23-28-44-40(29-32)39-18-10-12-20-43(39)47(44)34-15-7-4-8-16-34/h3-34H,1-2H3;3-30H,1-2H3. The van der Waals surface area contributed by atoms with E-state index in [1.165, 1.54) is 139 Å². The van der Waals surface area contributed by atoms with Crippen LogP contribution in [0.25, 0.3) is 111 Å². The van der Waals surface area contributed by atoms with Crippen LogP contribution < -0.4 is 9.80 Å². The maximum Gasteiger partial charge on any atom is 0.0541 e. The van der Waals surface area contributed by atoms with Crippen LogP contribution >= 0.6 is 0 Å². The third kappa shape index (κ3) is 10.1. The first-order valence-electron chi connectivity index (χ1n) is 34.8. The van der Waals surface area contributed by atoms with Gasteiger partial charge in [-0.25, -0.2) is 0 Å². The topological polar surface area (TPSA) is 16.3 Å². The number of hydrogen-bond donors (Lipinski definition) is 0. The quantitative estimate of drug-likeness (QED) is 0.128. The molecule has 4 heteroatoms. The van der Waals surface area contributed by atoms with E-state index in [-0.39, 0.29) is 10.8 Å². The number of benzene rings is 15. The largest absolute Gasteiger partial charge is 0.310 e. The van der Waals surface area contributed by atoms with Crippen molar-refractivity contribution >= 4 is 77.7 Å². The molecule has 0 spiro atoms. The summed E-state index contributed by atoms with van der Waals surface area (Å²) in [5.74, 6) is 0. The van der Waals surface area contributed by atoms with Crippen molar-refractivity contribution in [3.8, 4) is 67.0 Å². The van der Waals surface area contributed by atoms with Crippen LogP contribution in [0.15, 0.2) is 364 Å². The molecule has 0 unspecified atom stereocenters. The summed E-state index contributed by atoms with van der Waals surface area (Å²) in [6.07, 6.45) is 0. The fraction of sp³-hybridized carbons (Fsp3) is 0.0625. The second-order valence-electron chi connectivity index (χ2n) is 27.7. The molecule has 476 valence electrons. The Morgan fingerprint density at radius 1 is 0.200 bits per heavy atom. The molecule has 4 nitrogen and oxygen atoms in total. The van der Waals surface area contributed by atoms with Crippen LogP contribution in [0.1, 0.15) is 49.9 Å². The van der Waals surface area contributed by atoms with E-state index in [0.717, 1.165) is 28.4 Å². The summed E-state index contributed by atoms with van der Waals surface area (Å²) >= 11 is 0. The maximum absolute atomic E-state index is 2.41. The van der Waals surface area contributed by atoms with Crippen molar-refractivity contribution in [2.75, 3.05) is 9.80 Å². The van der Waals surface area contributed by atoms with Crippen molar-refractivity contribution in [3.63, 3.8) is 0 Å². The van der Waals surface area contributed by atoms with E-state index in [1.807, 2.05) is 0 Å². The highest BCUT2D eigenvalue weighted by molar-refractivity contribution is 6.12. The van der Waals surface area contributed by atoms with Gasteiger partial charge in [0.05, 0.1) is 22.1 Å². The zero-order valence-corrected chi connectivity index (χ0v) is 56.4. The molecule has 15 aromatic carbocycles. The van der Waals surface area contributed by atoms with E-state index in [0.29, 0.717) is 0 Å². The molecule has 0 saturated carbocycles. The van der Waals surface area contributed by atoms with E-state index in [9.17, 15) is 0 Å². The highest BCUT2D eigenvalue weighted by Crippen LogP contribution is 2.53. The molecule has 0 bridgehead atoms. The Morgan fingerprint density at radius 3 is 0.990 bits per heavy atom. The molecule has 19 rings (SSSR count). The Labute approximate surface area is 584 Å². The number of hydrogen-bond acceptors (Lipinski definition) is 2. The summed E-state index contributed by atoms with van der Waals surface area (Å²) in [5.41, 5.74) is 32.0. The normalized spacial score (nSPS) is 13.0. The maximum atomic E-state index is 2.41. The Hall–Kier alpha value is -12.5. The van der Waals surface area contributed by atoms with Crippen LogP contribution in [-0.4, -0.2) is 9.13 Å². The van der Waals surface area contributed by atoms with Gasteiger partial charge in [-0.3, -0.25) is 0 Å². The molecular weight excluding hydrogens is 1210 g/mol. The lowest BCUT2D eigenvalue weighted by Gasteiger charge is -2.28. The van der Waals surface area contributed by atoms with Gasteiger partial charge in [0.1, 0.15) is 0 Å². The van der Waals surface area contributed by atoms with Crippen molar-refractivity contribution in [2.24, 2.45) is 0 Å². The first kappa shape index (κ1) is 60.0. The lowest BCUT2D eigenvalue weighted by atomic mass is 9.82. The van der Waals surface area contributed by atoms with Crippen LogP contribution in [-0.2, 0) is 10.8 Å². The zero-order valence-electron chi connectivity index (χ0n) is 56.4. The Morgan fingerprint density at radius 2 is 0.510 bits per heavy atom. The highest BCUT2D eigenvalue weighted by Gasteiger charge is 2.37. The van der Waals surface area contributed by atoms with E-state index >= 15 is 0 Å². The highest BCUT2D eigenvalue weighted by atomic mass is 15.1. The van der Waals surface area contributed by atoms with Crippen molar-refractivity contribution in [1.29, 1.82) is 0 Å². The number of nitrogens with zero attached hydrogens (tertiary/aromatic N) is 4. The molecule has 17 aromatic rings. The number of rotatable bonds is 11. The van der Waals surface area contributed by atoms with Crippen molar-refractivity contribution in [2.45, 2.75) is 38.5 Å². The Balaban J connectivity index is 0.000000145. The van der Waals surface area contributed by atoms with E-state index in [1.54, 1.807) is 0 Å². The van der Waals surface area contributed by atoms with E-state index in [4.69, 9.17) is 0 Å². The van der Waals surface area contributed by atoms with Crippen LogP contribution in [0, 0.1) is 0 Å². The van der Waals surface area contributed by atoms with Gasteiger partial charge in [-0.2, -0.15) is 0 Å². The molecule has 0 radical (unpaired) electrons. The number of para-hydroxylation sites is 5. The predicted molar refractivity (Wildman–Crippen MR) is 422 cm³/mol. The summed E-state index contributed by atoms with van der Waals surface area (Å²) in [7, 11) is 0. The summed E-state index contributed by atoms with van der Waals surface area (Å²) in [4.78, 5) is 4.78.